The lowest BCUT2D eigenvalue weighted by molar-refractivity contribution is -0.0559. The monoisotopic (exact) mass is 402 g/mol. The molecule has 1 aromatic heterocycles. The van der Waals surface area contributed by atoms with Crippen molar-refractivity contribution < 1.29 is 9.47 Å². The summed E-state index contributed by atoms with van der Waals surface area (Å²) in [6.45, 7) is 2.30. The van der Waals surface area contributed by atoms with Crippen LogP contribution in [0, 0.1) is 11.3 Å². The van der Waals surface area contributed by atoms with Gasteiger partial charge >= 0.3 is 0 Å². The van der Waals surface area contributed by atoms with Crippen LogP contribution in [0.1, 0.15) is 37.3 Å². The van der Waals surface area contributed by atoms with E-state index in [9.17, 15) is 0 Å². The van der Waals surface area contributed by atoms with Crippen LogP contribution in [-0.2, 0) is 21.4 Å². The van der Waals surface area contributed by atoms with Gasteiger partial charge in [-0.05, 0) is 48.8 Å². The van der Waals surface area contributed by atoms with Gasteiger partial charge in [0.1, 0.15) is 5.54 Å². The molecule has 3 aliphatic rings. The molecule has 0 saturated heterocycles. The molecule has 2 N–H and O–H groups in total. The predicted octanol–water partition coefficient (Wildman–Crippen LogP) is 0.981. The van der Waals surface area contributed by atoms with Gasteiger partial charge in [-0.2, -0.15) is 0 Å². The van der Waals surface area contributed by atoms with Gasteiger partial charge in [0.05, 0.1) is 23.4 Å². The molecule has 2 heterocycles. The Morgan fingerprint density at radius 3 is 2.73 bits per heavy atom. The minimum absolute atomic E-state index is 0.0462. The van der Waals surface area contributed by atoms with Gasteiger partial charge in [0.2, 0.25) is 0 Å². The van der Waals surface area contributed by atoms with Crippen LogP contribution in [-0.4, -0.2) is 50.3 Å². The first-order valence-electron chi connectivity index (χ1n) is 10.8. The summed E-state index contributed by atoms with van der Waals surface area (Å²) >= 11 is 0. The van der Waals surface area contributed by atoms with Crippen molar-refractivity contribution in [1.29, 1.82) is 0 Å². The van der Waals surface area contributed by atoms with Gasteiger partial charge in [-0.1, -0.05) is 19.1 Å². The summed E-state index contributed by atoms with van der Waals surface area (Å²) in [5.74, 6) is 0.447. The fourth-order valence-corrected chi connectivity index (χ4v) is 6.65. The molecule has 1 aliphatic heterocycles. The Bertz CT molecular complexity index is 1020. The lowest BCUT2D eigenvalue weighted by Gasteiger charge is -2.53. The summed E-state index contributed by atoms with van der Waals surface area (Å²) in [5.41, 5.74) is 10.1. The van der Waals surface area contributed by atoms with Gasteiger partial charge in [0, 0.05) is 30.5 Å². The smallest absolute Gasteiger partial charge is 0.282 e. The first-order valence-corrected chi connectivity index (χ1v) is 10.8. The Morgan fingerprint density at radius 1 is 1.27 bits per heavy atom. The molecule has 154 valence electrons. The van der Waals surface area contributed by atoms with Gasteiger partial charge in [-0.25, -0.2) is 4.99 Å². The van der Waals surface area contributed by atoms with E-state index in [2.05, 4.69) is 50.8 Å². The SMILES string of the molecule is BC1(B)OC(N)=N[C@]12c1cc(-c3cnccn3)ccc1C[C@]21CC[C@@H](OC)[C@H](C)C1. The minimum atomic E-state index is -0.539. The maximum absolute atomic E-state index is 6.23. The number of fused-ring (bicyclic) bond motifs is 3. The van der Waals surface area contributed by atoms with Crippen molar-refractivity contribution in [2.24, 2.45) is 22.1 Å². The highest BCUT2D eigenvalue weighted by atomic mass is 16.5. The van der Waals surface area contributed by atoms with E-state index in [1.54, 1.807) is 18.6 Å². The van der Waals surface area contributed by atoms with E-state index in [0.717, 1.165) is 36.9 Å². The number of aromatic nitrogens is 2. The summed E-state index contributed by atoms with van der Waals surface area (Å²) < 4.78 is 12.0. The van der Waals surface area contributed by atoms with Crippen molar-refractivity contribution in [2.75, 3.05) is 7.11 Å². The van der Waals surface area contributed by atoms with Crippen molar-refractivity contribution in [1.82, 2.24) is 9.97 Å². The molecule has 0 radical (unpaired) electrons. The maximum Gasteiger partial charge on any atom is 0.282 e. The summed E-state index contributed by atoms with van der Waals surface area (Å²) in [6.07, 6.45) is 9.59. The van der Waals surface area contributed by atoms with E-state index in [-0.39, 0.29) is 5.41 Å². The van der Waals surface area contributed by atoms with Gasteiger partial charge in [-0.15, -0.1) is 0 Å². The molecule has 2 spiro atoms. The number of nitrogens with zero attached hydrogens (tertiary/aromatic N) is 3. The fraction of sp³-hybridized carbons (Fsp3) is 0.500. The van der Waals surface area contributed by atoms with Crippen molar-refractivity contribution in [3.63, 3.8) is 0 Å². The third-order valence-electron chi connectivity index (χ3n) is 7.72. The Kier molecular flexibility index (Phi) is 4.30. The number of aliphatic imine (C=N–C) groups is 1. The van der Waals surface area contributed by atoms with Gasteiger partial charge in [0.25, 0.3) is 6.02 Å². The molecule has 0 amide bonds. The predicted molar refractivity (Wildman–Crippen MR) is 122 cm³/mol. The molecule has 2 aliphatic carbocycles. The Hall–Kier alpha value is -2.34. The van der Waals surface area contributed by atoms with Crippen LogP contribution in [0.2, 0.25) is 0 Å². The zero-order chi connectivity index (χ0) is 21.1. The van der Waals surface area contributed by atoms with Crippen molar-refractivity contribution >= 4 is 21.7 Å². The van der Waals surface area contributed by atoms with Crippen LogP contribution in [0.3, 0.4) is 0 Å². The second-order valence-electron chi connectivity index (χ2n) is 9.69. The Labute approximate surface area is 179 Å². The lowest BCUT2D eigenvalue weighted by atomic mass is 9.44. The van der Waals surface area contributed by atoms with Crippen molar-refractivity contribution in [3.8, 4) is 11.3 Å². The van der Waals surface area contributed by atoms with Crippen LogP contribution in [0.25, 0.3) is 11.3 Å². The van der Waals surface area contributed by atoms with Crippen molar-refractivity contribution in [2.45, 2.75) is 49.6 Å². The largest absolute Gasteiger partial charge is 0.475 e. The van der Waals surface area contributed by atoms with Gasteiger partial charge < -0.3 is 15.2 Å². The summed E-state index contributed by atoms with van der Waals surface area (Å²) in [7, 11) is 6.09. The Balaban J connectivity index is 1.70. The quantitative estimate of drug-likeness (QED) is 0.758. The number of ether oxygens (including phenoxy) is 2. The van der Waals surface area contributed by atoms with Crippen LogP contribution in [0.4, 0.5) is 0 Å². The molecule has 0 unspecified atom stereocenters. The number of amidine groups is 1. The third kappa shape index (κ3) is 2.52. The second kappa shape index (κ2) is 6.58. The normalized spacial score (nSPS) is 34.0. The van der Waals surface area contributed by atoms with Crippen LogP contribution in [0.15, 0.2) is 41.8 Å². The molecular formula is C22H28B2N4O2. The van der Waals surface area contributed by atoms with Gasteiger partial charge in [-0.3, -0.25) is 9.97 Å². The minimum Gasteiger partial charge on any atom is -0.475 e. The molecule has 5 rings (SSSR count). The third-order valence-corrected chi connectivity index (χ3v) is 7.72. The van der Waals surface area contributed by atoms with E-state index < -0.39 is 10.9 Å². The highest BCUT2D eigenvalue weighted by Gasteiger charge is 2.68. The standard InChI is InChI=1S/C22H28B2N4O2/c1-13-10-20(6-5-18(13)29-2)11-15-4-3-14(17-12-26-7-8-27-17)9-16(15)21(20)22(23,24)30-19(25)28-21/h3-4,7-9,12-13,18H,5-6,10-11,23-24H2,1-2H3,(H2,25,28)/t13-,18-,20-,21+/m1/s1. The van der Waals surface area contributed by atoms with Gasteiger partial charge in [0.15, 0.2) is 15.7 Å². The second-order valence-corrected chi connectivity index (χ2v) is 9.69. The first-order chi connectivity index (χ1) is 14.3. The van der Waals surface area contributed by atoms with Crippen LogP contribution in [0.5, 0.6) is 0 Å². The van der Waals surface area contributed by atoms with E-state index >= 15 is 0 Å². The van der Waals surface area contributed by atoms with Crippen LogP contribution >= 0.6 is 0 Å². The molecule has 1 aromatic carbocycles. The summed E-state index contributed by atoms with van der Waals surface area (Å²) in [5, 5.41) is -0.539. The van der Waals surface area contributed by atoms with E-state index in [4.69, 9.17) is 20.2 Å². The number of hydrogen-bond acceptors (Lipinski definition) is 6. The number of benzene rings is 1. The zero-order valence-corrected chi connectivity index (χ0v) is 18.2. The molecule has 2 aromatic rings. The number of rotatable bonds is 2. The molecule has 8 heteroatoms. The lowest BCUT2D eigenvalue weighted by Crippen LogP contribution is -2.60. The van der Waals surface area contributed by atoms with Crippen LogP contribution < -0.4 is 5.73 Å². The highest BCUT2D eigenvalue weighted by molar-refractivity contribution is 6.41. The fourth-order valence-electron chi connectivity index (χ4n) is 6.65. The molecule has 1 saturated carbocycles. The highest BCUT2D eigenvalue weighted by Crippen LogP contribution is 2.65. The van der Waals surface area contributed by atoms with Crippen molar-refractivity contribution in [3.05, 3.63) is 47.9 Å². The zero-order valence-electron chi connectivity index (χ0n) is 18.2. The molecule has 30 heavy (non-hydrogen) atoms. The molecule has 6 nitrogen and oxygen atoms in total. The van der Waals surface area contributed by atoms with E-state index in [0.29, 0.717) is 18.0 Å². The Morgan fingerprint density at radius 2 is 2.10 bits per heavy atom. The van der Waals surface area contributed by atoms with E-state index in [1.807, 2.05) is 7.11 Å². The van der Waals surface area contributed by atoms with E-state index in [1.165, 1.54) is 11.1 Å². The molecule has 4 atom stereocenters. The average molecular weight is 402 g/mol. The molecule has 0 bridgehead atoms. The summed E-state index contributed by atoms with van der Waals surface area (Å²) in [4.78, 5) is 13.9. The summed E-state index contributed by atoms with van der Waals surface area (Å²) in [6, 6.07) is 6.92. The average Bonchev–Trinajstić information content (AvgIpc) is 3.13. The maximum atomic E-state index is 6.23. The molecule has 1 fully saturated rings. The topological polar surface area (TPSA) is 82.6 Å². The number of hydrogen-bond donors (Lipinski definition) is 1. The number of methoxy groups -OCH3 is 1. The first kappa shape index (κ1) is 19.6. The molecular weight excluding hydrogens is 374 g/mol. The number of nitrogens with two attached hydrogens (primary N) is 1.